The highest BCUT2D eigenvalue weighted by atomic mass is 32.2. The lowest BCUT2D eigenvalue weighted by atomic mass is 9.93. The van der Waals surface area contributed by atoms with Crippen LogP contribution in [-0.4, -0.2) is 27.0 Å². The largest absolute Gasteiger partial charge is 0.534 e. The lowest BCUT2D eigenvalue weighted by molar-refractivity contribution is -0.141. The molecule has 0 N–H and O–H groups in total. The van der Waals surface area contributed by atoms with Gasteiger partial charge in [0.25, 0.3) is 0 Å². The van der Waals surface area contributed by atoms with Crippen molar-refractivity contribution in [1.82, 2.24) is 0 Å². The van der Waals surface area contributed by atoms with Gasteiger partial charge in [0.15, 0.2) is 0 Å². The average molecular weight is 340 g/mol. The molecule has 0 fully saturated rings. The Labute approximate surface area is 126 Å². The van der Waals surface area contributed by atoms with E-state index in [4.69, 9.17) is 0 Å². The van der Waals surface area contributed by atoms with E-state index in [1.54, 1.807) is 13.0 Å². The van der Waals surface area contributed by atoms with Gasteiger partial charge in [-0.25, -0.2) is 0 Å². The summed E-state index contributed by atoms with van der Waals surface area (Å²) in [6.07, 6.45) is 0.549. The standard InChI is InChI=1S/C13H15F3O5S/c1-3-9(8-12(17)20-2)10-5-4-6-11(7-10)21-22(18,19)13(14,15)16/h4-7,9H,3,8H2,1-2H3. The monoisotopic (exact) mass is 340 g/mol. The van der Waals surface area contributed by atoms with Gasteiger partial charge in [-0.2, -0.15) is 21.6 Å². The van der Waals surface area contributed by atoms with Crippen molar-refractivity contribution in [2.24, 2.45) is 0 Å². The Morgan fingerprint density at radius 1 is 1.32 bits per heavy atom. The molecule has 0 aliphatic rings. The Balaban J connectivity index is 3.01. The molecule has 0 heterocycles. The van der Waals surface area contributed by atoms with Crippen LogP contribution in [0.2, 0.25) is 0 Å². The van der Waals surface area contributed by atoms with Crippen molar-refractivity contribution >= 4 is 16.1 Å². The van der Waals surface area contributed by atoms with Crippen LogP contribution in [0.5, 0.6) is 5.75 Å². The maximum atomic E-state index is 12.3. The van der Waals surface area contributed by atoms with E-state index in [1.807, 2.05) is 0 Å². The minimum atomic E-state index is -5.72. The van der Waals surface area contributed by atoms with Crippen molar-refractivity contribution in [2.75, 3.05) is 7.11 Å². The summed E-state index contributed by atoms with van der Waals surface area (Å²) in [5.74, 6) is -1.25. The molecule has 0 saturated carbocycles. The van der Waals surface area contributed by atoms with E-state index in [9.17, 15) is 26.4 Å². The van der Waals surface area contributed by atoms with Crippen LogP contribution in [0.4, 0.5) is 13.2 Å². The highest BCUT2D eigenvalue weighted by molar-refractivity contribution is 7.88. The molecule has 0 radical (unpaired) electrons. The number of carbonyl (C=O) groups excluding carboxylic acids is 1. The molecule has 0 aromatic heterocycles. The van der Waals surface area contributed by atoms with Crippen LogP contribution in [-0.2, 0) is 19.6 Å². The first-order chi connectivity index (χ1) is 10.1. The Morgan fingerprint density at radius 2 is 1.95 bits per heavy atom. The fraction of sp³-hybridized carbons (Fsp3) is 0.462. The maximum absolute atomic E-state index is 12.3. The second-order valence-electron chi connectivity index (χ2n) is 4.44. The van der Waals surface area contributed by atoms with Gasteiger partial charge in [-0.05, 0) is 30.0 Å². The number of hydrogen-bond acceptors (Lipinski definition) is 5. The van der Waals surface area contributed by atoms with Crippen LogP contribution in [0.1, 0.15) is 31.2 Å². The summed E-state index contributed by atoms with van der Waals surface area (Å²) in [6.45, 7) is 1.79. The van der Waals surface area contributed by atoms with Crippen LogP contribution >= 0.6 is 0 Å². The average Bonchev–Trinajstić information content (AvgIpc) is 2.43. The van der Waals surface area contributed by atoms with Crippen molar-refractivity contribution in [3.63, 3.8) is 0 Å². The molecular weight excluding hydrogens is 325 g/mol. The van der Waals surface area contributed by atoms with E-state index < -0.39 is 27.3 Å². The molecule has 1 aromatic rings. The van der Waals surface area contributed by atoms with Crippen LogP contribution in [0.25, 0.3) is 0 Å². The van der Waals surface area contributed by atoms with Crippen LogP contribution in [0.15, 0.2) is 24.3 Å². The van der Waals surface area contributed by atoms with Gasteiger partial charge in [-0.3, -0.25) is 4.79 Å². The lowest BCUT2D eigenvalue weighted by Crippen LogP contribution is -2.28. The van der Waals surface area contributed by atoms with Gasteiger partial charge in [0, 0.05) is 0 Å². The highest BCUT2D eigenvalue weighted by Gasteiger charge is 2.48. The first kappa shape index (κ1) is 18.3. The summed E-state index contributed by atoms with van der Waals surface area (Å²) in [7, 11) is -4.49. The minimum Gasteiger partial charge on any atom is -0.469 e. The molecule has 1 aromatic carbocycles. The number of alkyl halides is 3. The number of ether oxygens (including phenoxy) is 1. The number of methoxy groups -OCH3 is 1. The number of carbonyl (C=O) groups is 1. The summed E-state index contributed by atoms with van der Waals surface area (Å²) >= 11 is 0. The summed E-state index contributed by atoms with van der Waals surface area (Å²) in [5, 5.41) is 0. The van der Waals surface area contributed by atoms with Gasteiger partial charge < -0.3 is 8.92 Å². The third-order valence-electron chi connectivity index (χ3n) is 2.95. The molecule has 1 rings (SSSR count). The van der Waals surface area contributed by atoms with Crippen LogP contribution < -0.4 is 4.18 Å². The van der Waals surface area contributed by atoms with Gasteiger partial charge in [0.05, 0.1) is 13.5 Å². The second kappa shape index (κ2) is 6.99. The molecule has 1 unspecified atom stereocenters. The van der Waals surface area contributed by atoms with Crippen molar-refractivity contribution in [3.05, 3.63) is 29.8 Å². The maximum Gasteiger partial charge on any atom is 0.534 e. The van der Waals surface area contributed by atoms with Crippen LogP contribution in [0.3, 0.4) is 0 Å². The third-order valence-corrected chi connectivity index (χ3v) is 3.93. The summed E-state index contributed by atoms with van der Waals surface area (Å²) < 4.78 is 67.4. The smallest absolute Gasteiger partial charge is 0.469 e. The van der Waals surface area contributed by atoms with Crippen LogP contribution in [0, 0.1) is 0 Å². The van der Waals surface area contributed by atoms with E-state index in [2.05, 4.69) is 8.92 Å². The number of rotatable bonds is 6. The highest BCUT2D eigenvalue weighted by Crippen LogP contribution is 2.30. The number of benzene rings is 1. The molecule has 0 spiro atoms. The topological polar surface area (TPSA) is 69.7 Å². The SMILES string of the molecule is CCC(CC(=O)OC)c1cccc(OS(=O)(=O)C(F)(F)F)c1. The van der Waals surface area contributed by atoms with E-state index in [-0.39, 0.29) is 12.3 Å². The van der Waals surface area contributed by atoms with Crippen molar-refractivity contribution in [1.29, 1.82) is 0 Å². The molecule has 9 heteroatoms. The van der Waals surface area contributed by atoms with E-state index in [1.165, 1.54) is 19.2 Å². The van der Waals surface area contributed by atoms with E-state index in [0.717, 1.165) is 6.07 Å². The summed E-state index contributed by atoms with van der Waals surface area (Å²) in [5.41, 5.74) is -5.01. The lowest BCUT2D eigenvalue weighted by Gasteiger charge is -2.15. The molecule has 1 atom stereocenters. The zero-order valence-electron chi connectivity index (χ0n) is 11.9. The van der Waals surface area contributed by atoms with E-state index in [0.29, 0.717) is 12.0 Å². The fourth-order valence-electron chi connectivity index (χ4n) is 1.78. The number of esters is 1. The second-order valence-corrected chi connectivity index (χ2v) is 5.98. The predicted molar refractivity (Wildman–Crippen MR) is 71.7 cm³/mol. The normalized spacial score (nSPS) is 13.5. The minimum absolute atomic E-state index is 0.0302. The quantitative estimate of drug-likeness (QED) is 0.452. The van der Waals surface area contributed by atoms with Gasteiger partial charge in [0.1, 0.15) is 5.75 Å². The van der Waals surface area contributed by atoms with Gasteiger partial charge >= 0.3 is 21.6 Å². The molecular formula is C13H15F3O5S. The molecule has 0 aliphatic carbocycles. The molecule has 22 heavy (non-hydrogen) atoms. The molecule has 0 aliphatic heterocycles. The number of hydrogen-bond donors (Lipinski definition) is 0. The van der Waals surface area contributed by atoms with Gasteiger partial charge in [-0.1, -0.05) is 19.1 Å². The van der Waals surface area contributed by atoms with Crippen molar-refractivity contribution < 1.29 is 35.3 Å². The Bertz CT molecular complexity index is 625. The zero-order chi connectivity index (χ0) is 17.0. The fourth-order valence-corrected chi connectivity index (χ4v) is 2.23. The summed E-state index contributed by atoms with van der Waals surface area (Å²) in [4.78, 5) is 11.3. The molecule has 0 amide bonds. The van der Waals surface area contributed by atoms with Gasteiger partial charge in [-0.15, -0.1) is 0 Å². The summed E-state index contributed by atoms with van der Waals surface area (Å²) in [6, 6.07) is 5.19. The van der Waals surface area contributed by atoms with Crippen molar-refractivity contribution in [2.45, 2.75) is 31.2 Å². The van der Waals surface area contributed by atoms with Crippen molar-refractivity contribution in [3.8, 4) is 5.75 Å². The molecule has 0 saturated heterocycles. The third kappa shape index (κ3) is 4.62. The Kier molecular flexibility index (Phi) is 5.81. The Hall–Kier alpha value is -1.77. The molecule has 0 bridgehead atoms. The molecule has 5 nitrogen and oxygen atoms in total. The zero-order valence-corrected chi connectivity index (χ0v) is 12.7. The van der Waals surface area contributed by atoms with E-state index >= 15 is 0 Å². The number of halogens is 3. The molecule has 124 valence electrons. The first-order valence-corrected chi connectivity index (χ1v) is 7.69. The predicted octanol–water partition coefficient (Wildman–Crippen LogP) is 2.97. The van der Waals surface area contributed by atoms with Gasteiger partial charge in [0.2, 0.25) is 0 Å². The first-order valence-electron chi connectivity index (χ1n) is 6.28. The Morgan fingerprint density at radius 3 is 2.45 bits per heavy atom.